The molecule has 0 aromatic carbocycles. The van der Waals surface area contributed by atoms with E-state index in [4.69, 9.17) is 20.4 Å². The third-order valence-electron chi connectivity index (χ3n) is 2.63. The molecule has 0 heterocycles. The molecule has 0 aromatic heterocycles. The van der Waals surface area contributed by atoms with Crippen LogP contribution in [0.1, 0.15) is 0 Å². The van der Waals surface area contributed by atoms with E-state index in [2.05, 4.69) is 6.58 Å². The Kier molecular flexibility index (Phi) is 8.41. The molecule has 22 heavy (non-hydrogen) atoms. The minimum Gasteiger partial charge on any atom is -0.480 e. The molecular weight excluding hydrogens is 300 g/mol. The number of aliphatic carboxylic acids is 4. The first-order valence-corrected chi connectivity index (χ1v) is 6.14. The van der Waals surface area contributed by atoms with Crippen molar-refractivity contribution in [2.75, 3.05) is 32.7 Å². The highest BCUT2D eigenvalue weighted by Crippen LogP contribution is 2.03. The predicted molar refractivity (Wildman–Crippen MR) is 72.5 cm³/mol. The number of rotatable bonds is 12. The maximum atomic E-state index is 11.0. The third-order valence-corrected chi connectivity index (χ3v) is 2.63. The van der Waals surface area contributed by atoms with Gasteiger partial charge in [0.2, 0.25) is 0 Å². The lowest BCUT2D eigenvalue weighted by Gasteiger charge is -2.27. The highest BCUT2D eigenvalue weighted by molar-refractivity contribution is 5.77. The van der Waals surface area contributed by atoms with Gasteiger partial charge in [-0.05, 0) is 0 Å². The Labute approximate surface area is 125 Å². The van der Waals surface area contributed by atoms with Crippen LogP contribution >= 0.6 is 0 Å². The van der Waals surface area contributed by atoms with Gasteiger partial charge in [-0.2, -0.15) is 0 Å². The van der Waals surface area contributed by atoms with Crippen LogP contribution in [-0.4, -0.2) is 92.9 Å². The second kappa shape index (κ2) is 9.47. The summed E-state index contributed by atoms with van der Waals surface area (Å²) in [5, 5.41) is 35.2. The molecule has 0 saturated heterocycles. The Morgan fingerprint density at radius 2 is 1.32 bits per heavy atom. The van der Waals surface area contributed by atoms with E-state index in [-0.39, 0.29) is 13.1 Å². The molecule has 0 fully saturated rings. The van der Waals surface area contributed by atoms with Crippen molar-refractivity contribution in [3.8, 4) is 0 Å². The van der Waals surface area contributed by atoms with Crippen LogP contribution in [0.15, 0.2) is 12.7 Å². The van der Waals surface area contributed by atoms with E-state index in [1.54, 1.807) is 0 Å². The van der Waals surface area contributed by atoms with Gasteiger partial charge in [-0.3, -0.25) is 29.0 Å². The molecule has 0 saturated carbocycles. The summed E-state index contributed by atoms with van der Waals surface area (Å²) >= 11 is 0. The summed E-state index contributed by atoms with van der Waals surface area (Å²) < 4.78 is 0. The Hall–Kier alpha value is -2.46. The molecule has 10 nitrogen and oxygen atoms in total. The van der Waals surface area contributed by atoms with Crippen LogP contribution in [0.4, 0.5) is 0 Å². The van der Waals surface area contributed by atoms with Crippen LogP contribution in [0.25, 0.3) is 0 Å². The molecule has 4 N–H and O–H groups in total. The summed E-state index contributed by atoms with van der Waals surface area (Å²) in [6.45, 7) is 1.34. The van der Waals surface area contributed by atoms with Gasteiger partial charge >= 0.3 is 23.9 Å². The molecule has 0 amide bonds. The minimum absolute atomic E-state index is 0.122. The first-order chi connectivity index (χ1) is 10.2. The molecule has 0 aromatic rings. The van der Waals surface area contributed by atoms with E-state index < -0.39 is 49.6 Å². The number of carbonyl (C=O) groups is 4. The summed E-state index contributed by atoms with van der Waals surface area (Å²) in [6, 6.07) is -1.27. The molecule has 0 radical (unpaired) electrons. The molecule has 1 atom stereocenters. The zero-order valence-corrected chi connectivity index (χ0v) is 11.7. The fourth-order valence-electron chi connectivity index (χ4n) is 1.76. The fraction of sp³-hybridized carbons (Fsp3) is 0.500. The van der Waals surface area contributed by atoms with Gasteiger partial charge in [0.25, 0.3) is 0 Å². The van der Waals surface area contributed by atoms with Gasteiger partial charge in [-0.1, -0.05) is 6.08 Å². The second-order valence-corrected chi connectivity index (χ2v) is 4.38. The molecule has 1 unspecified atom stereocenters. The Morgan fingerprint density at radius 3 is 1.64 bits per heavy atom. The lowest BCUT2D eigenvalue weighted by atomic mass is 10.2. The maximum absolute atomic E-state index is 11.0. The van der Waals surface area contributed by atoms with Gasteiger partial charge < -0.3 is 20.4 Å². The van der Waals surface area contributed by atoms with Crippen LogP contribution in [-0.2, 0) is 19.2 Å². The fourth-order valence-corrected chi connectivity index (χ4v) is 1.76. The molecule has 0 aliphatic rings. The number of carboxylic acid groups (broad SMARTS) is 4. The Balaban J connectivity index is 4.91. The predicted octanol–water partition coefficient (Wildman–Crippen LogP) is -1.52. The normalized spacial score (nSPS) is 12.1. The lowest BCUT2D eigenvalue weighted by Crippen LogP contribution is -2.47. The van der Waals surface area contributed by atoms with Crippen molar-refractivity contribution in [1.29, 1.82) is 0 Å². The molecule has 0 aliphatic heterocycles. The third kappa shape index (κ3) is 7.97. The van der Waals surface area contributed by atoms with Gasteiger partial charge in [-0.15, -0.1) is 6.58 Å². The Bertz CT molecular complexity index is 434. The van der Waals surface area contributed by atoms with Gasteiger partial charge in [0.15, 0.2) is 0 Å². The van der Waals surface area contributed by atoms with Crippen LogP contribution in [0.3, 0.4) is 0 Å². The van der Waals surface area contributed by atoms with Gasteiger partial charge in [0, 0.05) is 13.1 Å². The van der Waals surface area contributed by atoms with Crippen molar-refractivity contribution in [3.05, 3.63) is 12.7 Å². The smallest absolute Gasteiger partial charge is 0.324 e. The van der Waals surface area contributed by atoms with Gasteiger partial charge in [-0.25, -0.2) is 0 Å². The van der Waals surface area contributed by atoms with Crippen LogP contribution in [0.5, 0.6) is 0 Å². The largest absolute Gasteiger partial charge is 0.480 e. The quantitative estimate of drug-likeness (QED) is 0.312. The molecule has 0 spiro atoms. The van der Waals surface area contributed by atoms with E-state index >= 15 is 0 Å². The lowest BCUT2D eigenvalue weighted by molar-refractivity contribution is -0.147. The zero-order chi connectivity index (χ0) is 17.3. The van der Waals surface area contributed by atoms with E-state index in [1.165, 1.54) is 0 Å². The summed E-state index contributed by atoms with van der Waals surface area (Å²) in [6.07, 6.45) is 1.05. The number of hydrogen-bond acceptors (Lipinski definition) is 6. The second-order valence-electron chi connectivity index (χ2n) is 4.38. The van der Waals surface area contributed by atoms with E-state index in [0.717, 1.165) is 15.9 Å². The average Bonchev–Trinajstić information content (AvgIpc) is 2.33. The standard InChI is InChI=1S/C12H18N2O8/c1-2-8(12(21)22)14(7-11(19)20)4-3-13(5-9(15)16)6-10(17)18/h2,8H,1,3-7H2,(H,15,16)(H,17,18)(H,19,20)(H,21,22). The van der Waals surface area contributed by atoms with Crippen molar-refractivity contribution in [2.24, 2.45) is 0 Å². The monoisotopic (exact) mass is 318 g/mol. The molecule has 0 aliphatic carbocycles. The maximum Gasteiger partial charge on any atom is 0.324 e. The van der Waals surface area contributed by atoms with Crippen molar-refractivity contribution >= 4 is 23.9 Å². The molecular formula is C12H18N2O8. The van der Waals surface area contributed by atoms with Crippen LogP contribution in [0, 0.1) is 0 Å². The first-order valence-electron chi connectivity index (χ1n) is 6.14. The zero-order valence-electron chi connectivity index (χ0n) is 11.7. The molecule has 124 valence electrons. The van der Waals surface area contributed by atoms with E-state index in [9.17, 15) is 19.2 Å². The van der Waals surface area contributed by atoms with Crippen molar-refractivity contribution in [2.45, 2.75) is 6.04 Å². The summed E-state index contributed by atoms with van der Waals surface area (Å²) in [7, 11) is 0. The van der Waals surface area contributed by atoms with Crippen molar-refractivity contribution in [1.82, 2.24) is 9.80 Å². The highest BCUT2D eigenvalue weighted by Gasteiger charge is 2.25. The molecule has 10 heteroatoms. The average molecular weight is 318 g/mol. The number of carboxylic acids is 4. The van der Waals surface area contributed by atoms with Crippen LogP contribution < -0.4 is 0 Å². The van der Waals surface area contributed by atoms with E-state index in [0.29, 0.717) is 0 Å². The summed E-state index contributed by atoms with van der Waals surface area (Å²) in [4.78, 5) is 45.3. The SMILES string of the molecule is C=CC(C(=O)O)N(CCN(CC(=O)O)CC(=O)O)CC(=O)O. The highest BCUT2D eigenvalue weighted by atomic mass is 16.4. The van der Waals surface area contributed by atoms with Crippen molar-refractivity contribution in [3.63, 3.8) is 0 Å². The Morgan fingerprint density at radius 1 is 0.864 bits per heavy atom. The number of nitrogens with zero attached hydrogens (tertiary/aromatic N) is 2. The number of hydrogen-bond donors (Lipinski definition) is 4. The minimum atomic E-state index is -1.31. The van der Waals surface area contributed by atoms with Gasteiger partial charge in [0.05, 0.1) is 19.6 Å². The molecule has 0 bridgehead atoms. The van der Waals surface area contributed by atoms with Gasteiger partial charge in [0.1, 0.15) is 6.04 Å². The van der Waals surface area contributed by atoms with E-state index in [1.807, 2.05) is 0 Å². The van der Waals surface area contributed by atoms with Crippen LogP contribution in [0.2, 0.25) is 0 Å². The molecule has 0 rings (SSSR count). The van der Waals surface area contributed by atoms with Crippen molar-refractivity contribution < 1.29 is 39.6 Å². The summed E-state index contributed by atoms with van der Waals surface area (Å²) in [5.41, 5.74) is 0. The summed E-state index contributed by atoms with van der Waals surface area (Å²) in [5.74, 6) is -5.07. The first kappa shape index (κ1) is 19.5. The topological polar surface area (TPSA) is 156 Å².